The highest BCUT2D eigenvalue weighted by molar-refractivity contribution is 5.90. The van der Waals surface area contributed by atoms with Crippen molar-refractivity contribution in [1.82, 2.24) is 14.9 Å². The summed E-state index contributed by atoms with van der Waals surface area (Å²) in [6.07, 6.45) is 0. The van der Waals surface area contributed by atoms with E-state index in [-0.39, 0.29) is 0 Å². The highest BCUT2D eigenvalue weighted by Crippen LogP contribution is 2.27. The SMILES string of the molecule is CC1CN(C)CCN1c1nc(N)nc2ccccc12. The van der Waals surface area contributed by atoms with Gasteiger partial charge in [-0.05, 0) is 26.1 Å². The number of nitrogens with zero attached hydrogens (tertiary/aromatic N) is 4. The third kappa shape index (κ3) is 2.21. The molecule has 5 heteroatoms. The Morgan fingerprint density at radius 3 is 2.79 bits per heavy atom. The quantitative estimate of drug-likeness (QED) is 0.835. The molecule has 1 aromatic carbocycles. The number of piperazine rings is 1. The monoisotopic (exact) mass is 257 g/mol. The van der Waals surface area contributed by atoms with Gasteiger partial charge in [0.15, 0.2) is 0 Å². The molecule has 1 unspecified atom stereocenters. The average molecular weight is 257 g/mol. The van der Waals surface area contributed by atoms with Crippen molar-refractivity contribution in [3.05, 3.63) is 24.3 Å². The molecule has 0 radical (unpaired) electrons. The van der Waals surface area contributed by atoms with Gasteiger partial charge in [0.1, 0.15) is 5.82 Å². The van der Waals surface area contributed by atoms with Crippen molar-refractivity contribution >= 4 is 22.7 Å². The number of hydrogen-bond donors (Lipinski definition) is 1. The van der Waals surface area contributed by atoms with Crippen molar-refractivity contribution in [3.63, 3.8) is 0 Å². The molecule has 1 saturated heterocycles. The molecule has 1 aromatic heterocycles. The highest BCUT2D eigenvalue weighted by atomic mass is 15.3. The van der Waals surface area contributed by atoms with Crippen LogP contribution in [0.3, 0.4) is 0 Å². The van der Waals surface area contributed by atoms with Gasteiger partial charge in [-0.25, -0.2) is 4.98 Å². The predicted octanol–water partition coefficient (Wildman–Crippen LogP) is 1.35. The van der Waals surface area contributed by atoms with Gasteiger partial charge in [-0.2, -0.15) is 4.98 Å². The van der Waals surface area contributed by atoms with E-state index in [1.165, 1.54) is 0 Å². The third-order valence-corrected chi connectivity index (χ3v) is 3.70. The van der Waals surface area contributed by atoms with Crippen molar-refractivity contribution in [3.8, 4) is 0 Å². The summed E-state index contributed by atoms with van der Waals surface area (Å²) in [5, 5.41) is 1.08. The van der Waals surface area contributed by atoms with Gasteiger partial charge in [0.2, 0.25) is 5.95 Å². The van der Waals surface area contributed by atoms with Crippen LogP contribution in [0.4, 0.5) is 11.8 Å². The van der Waals surface area contributed by atoms with Crippen LogP contribution < -0.4 is 10.6 Å². The number of fused-ring (bicyclic) bond motifs is 1. The first-order valence-electron chi connectivity index (χ1n) is 6.62. The second-order valence-corrected chi connectivity index (χ2v) is 5.23. The molecule has 2 N–H and O–H groups in total. The summed E-state index contributed by atoms with van der Waals surface area (Å²) in [5.74, 6) is 1.31. The minimum atomic E-state index is 0.347. The van der Waals surface area contributed by atoms with Crippen LogP contribution >= 0.6 is 0 Å². The highest BCUT2D eigenvalue weighted by Gasteiger charge is 2.24. The third-order valence-electron chi connectivity index (χ3n) is 3.70. The van der Waals surface area contributed by atoms with E-state index in [1.807, 2.05) is 18.2 Å². The van der Waals surface area contributed by atoms with Gasteiger partial charge in [-0.3, -0.25) is 0 Å². The van der Waals surface area contributed by atoms with Crippen LogP contribution in [0.25, 0.3) is 10.9 Å². The van der Waals surface area contributed by atoms with Crippen LogP contribution in [-0.2, 0) is 0 Å². The molecule has 2 heterocycles. The van der Waals surface area contributed by atoms with E-state index in [1.54, 1.807) is 0 Å². The maximum Gasteiger partial charge on any atom is 0.222 e. The molecule has 0 amide bonds. The van der Waals surface area contributed by atoms with Gasteiger partial charge in [0.25, 0.3) is 0 Å². The van der Waals surface area contributed by atoms with E-state index < -0.39 is 0 Å². The van der Waals surface area contributed by atoms with E-state index in [4.69, 9.17) is 5.73 Å². The van der Waals surface area contributed by atoms with E-state index in [0.717, 1.165) is 36.4 Å². The predicted molar refractivity (Wildman–Crippen MR) is 78.3 cm³/mol. The molecule has 1 atom stereocenters. The Kier molecular flexibility index (Phi) is 2.98. The van der Waals surface area contributed by atoms with E-state index in [9.17, 15) is 0 Å². The second-order valence-electron chi connectivity index (χ2n) is 5.23. The van der Waals surface area contributed by atoms with Crippen molar-refractivity contribution in [1.29, 1.82) is 0 Å². The Labute approximate surface area is 113 Å². The van der Waals surface area contributed by atoms with E-state index >= 15 is 0 Å². The molecule has 0 aliphatic carbocycles. The Balaban J connectivity index is 2.09. The number of para-hydroxylation sites is 1. The van der Waals surface area contributed by atoms with Gasteiger partial charge >= 0.3 is 0 Å². The van der Waals surface area contributed by atoms with Gasteiger partial charge in [-0.1, -0.05) is 12.1 Å². The lowest BCUT2D eigenvalue weighted by atomic mass is 10.1. The second kappa shape index (κ2) is 4.66. The first-order valence-corrected chi connectivity index (χ1v) is 6.62. The molecule has 0 bridgehead atoms. The fourth-order valence-corrected chi connectivity index (χ4v) is 2.75. The van der Waals surface area contributed by atoms with Crippen LogP contribution in [0.2, 0.25) is 0 Å². The number of hydrogen-bond acceptors (Lipinski definition) is 5. The molecule has 1 aliphatic heterocycles. The van der Waals surface area contributed by atoms with Crippen molar-refractivity contribution < 1.29 is 0 Å². The van der Waals surface area contributed by atoms with Crippen molar-refractivity contribution in [2.24, 2.45) is 0 Å². The fourth-order valence-electron chi connectivity index (χ4n) is 2.75. The molecule has 3 rings (SSSR count). The summed E-state index contributed by atoms with van der Waals surface area (Å²) >= 11 is 0. The Bertz CT molecular complexity index is 597. The van der Waals surface area contributed by atoms with E-state index in [0.29, 0.717) is 12.0 Å². The summed E-state index contributed by atoms with van der Waals surface area (Å²) in [7, 11) is 2.15. The molecule has 19 heavy (non-hydrogen) atoms. The molecule has 1 aliphatic rings. The summed E-state index contributed by atoms with van der Waals surface area (Å²) in [4.78, 5) is 13.5. The average Bonchev–Trinajstić information content (AvgIpc) is 2.38. The standard InChI is InChI=1S/C14H19N5/c1-10-9-18(2)7-8-19(10)13-11-5-3-4-6-12(11)16-14(15)17-13/h3-6,10H,7-9H2,1-2H3,(H2,15,16,17). The number of nitrogens with two attached hydrogens (primary N) is 1. The Morgan fingerprint density at radius 1 is 1.21 bits per heavy atom. The molecule has 100 valence electrons. The normalized spacial score (nSPS) is 20.9. The Morgan fingerprint density at radius 2 is 2.00 bits per heavy atom. The fraction of sp³-hybridized carbons (Fsp3) is 0.429. The summed E-state index contributed by atoms with van der Waals surface area (Å²) in [5.41, 5.74) is 6.76. The van der Waals surface area contributed by atoms with Crippen LogP contribution in [0.15, 0.2) is 24.3 Å². The lowest BCUT2D eigenvalue weighted by Gasteiger charge is -2.39. The van der Waals surface area contributed by atoms with Gasteiger partial charge in [-0.15, -0.1) is 0 Å². The minimum Gasteiger partial charge on any atom is -0.368 e. The number of aromatic nitrogens is 2. The molecule has 5 nitrogen and oxygen atoms in total. The maximum absolute atomic E-state index is 5.84. The number of nitrogen functional groups attached to an aromatic ring is 1. The number of likely N-dealkylation sites (N-methyl/N-ethyl adjacent to an activating group) is 1. The Hall–Kier alpha value is -1.88. The molecular weight excluding hydrogens is 238 g/mol. The zero-order valence-corrected chi connectivity index (χ0v) is 11.4. The zero-order chi connectivity index (χ0) is 13.4. The van der Waals surface area contributed by atoms with Crippen molar-refractivity contribution in [2.45, 2.75) is 13.0 Å². The van der Waals surface area contributed by atoms with Gasteiger partial charge in [0, 0.05) is 31.1 Å². The van der Waals surface area contributed by atoms with Gasteiger partial charge in [0.05, 0.1) is 5.52 Å². The summed E-state index contributed by atoms with van der Waals surface area (Å²) in [6, 6.07) is 8.47. The lowest BCUT2D eigenvalue weighted by molar-refractivity contribution is 0.275. The molecule has 2 aromatic rings. The maximum atomic E-state index is 5.84. The smallest absolute Gasteiger partial charge is 0.222 e. The number of anilines is 2. The number of rotatable bonds is 1. The summed E-state index contributed by atoms with van der Waals surface area (Å²) in [6.45, 7) is 5.28. The van der Waals surface area contributed by atoms with Crippen LogP contribution in [0.5, 0.6) is 0 Å². The lowest BCUT2D eigenvalue weighted by Crippen LogP contribution is -2.51. The molecule has 0 spiro atoms. The van der Waals surface area contributed by atoms with Crippen LogP contribution in [-0.4, -0.2) is 47.6 Å². The zero-order valence-electron chi connectivity index (χ0n) is 11.4. The molecule has 0 saturated carbocycles. The number of benzene rings is 1. The minimum absolute atomic E-state index is 0.347. The molecular formula is C14H19N5. The van der Waals surface area contributed by atoms with Crippen LogP contribution in [0, 0.1) is 0 Å². The van der Waals surface area contributed by atoms with Crippen LogP contribution in [0.1, 0.15) is 6.92 Å². The van der Waals surface area contributed by atoms with Gasteiger partial charge < -0.3 is 15.5 Å². The van der Waals surface area contributed by atoms with Crippen molar-refractivity contribution in [2.75, 3.05) is 37.3 Å². The summed E-state index contributed by atoms with van der Waals surface area (Å²) < 4.78 is 0. The van der Waals surface area contributed by atoms with E-state index in [2.05, 4.69) is 39.8 Å². The topological polar surface area (TPSA) is 58.3 Å². The first-order chi connectivity index (χ1) is 9.15. The largest absolute Gasteiger partial charge is 0.368 e. The molecule has 1 fully saturated rings. The first kappa shape index (κ1) is 12.2.